The van der Waals surface area contributed by atoms with Crippen LogP contribution in [0, 0.1) is 0 Å². The Bertz CT molecular complexity index is 686. The molecular weight excluding hydrogens is 307 g/mol. The van der Waals surface area contributed by atoms with Crippen LogP contribution in [0.4, 0.5) is 18.9 Å². The van der Waals surface area contributed by atoms with E-state index < -0.39 is 22.7 Å². The summed E-state index contributed by atoms with van der Waals surface area (Å²) in [6, 6.07) is 8.53. The molecule has 0 unspecified atom stereocenters. The average Bonchev–Trinajstić information content (AvgIpc) is 2.39. The maximum atomic E-state index is 12.7. The lowest BCUT2D eigenvalue weighted by Crippen LogP contribution is -2.13. The first-order valence-corrected chi connectivity index (χ1v) is 6.12. The lowest BCUT2D eigenvalue weighted by Gasteiger charge is -2.11. The molecule has 2 N–H and O–H groups in total. The van der Waals surface area contributed by atoms with Crippen molar-refractivity contribution in [2.24, 2.45) is 0 Å². The minimum atomic E-state index is -4.61. The fraction of sp³-hybridized carbons (Fsp3) is 0.0714. The highest BCUT2D eigenvalue weighted by Crippen LogP contribution is 2.36. The van der Waals surface area contributed by atoms with Gasteiger partial charge in [0.25, 0.3) is 5.91 Å². The predicted octanol–water partition coefficient (Wildman–Crippen LogP) is 4.32. The van der Waals surface area contributed by atoms with E-state index in [-0.39, 0.29) is 17.0 Å². The van der Waals surface area contributed by atoms with Gasteiger partial charge < -0.3 is 10.4 Å². The second-order valence-electron chi connectivity index (χ2n) is 4.20. The van der Waals surface area contributed by atoms with Crippen molar-refractivity contribution in [3.05, 3.63) is 58.6 Å². The van der Waals surface area contributed by atoms with Gasteiger partial charge in [-0.2, -0.15) is 13.2 Å². The van der Waals surface area contributed by atoms with Gasteiger partial charge >= 0.3 is 6.18 Å². The summed E-state index contributed by atoms with van der Waals surface area (Å²) < 4.78 is 38.1. The lowest BCUT2D eigenvalue weighted by molar-refractivity contribution is -0.137. The van der Waals surface area contributed by atoms with Crippen LogP contribution in [0.1, 0.15) is 15.9 Å². The van der Waals surface area contributed by atoms with Crippen molar-refractivity contribution in [1.82, 2.24) is 0 Å². The summed E-state index contributed by atoms with van der Waals surface area (Å²) in [5, 5.41) is 11.1. The van der Waals surface area contributed by atoms with Crippen molar-refractivity contribution in [3.63, 3.8) is 0 Å². The number of phenolic OH excluding ortho intramolecular Hbond substituents is 1. The zero-order valence-corrected chi connectivity index (χ0v) is 11.2. The van der Waals surface area contributed by atoms with Crippen LogP contribution in [0.25, 0.3) is 0 Å². The third-order valence-corrected chi connectivity index (χ3v) is 2.97. The number of hydrogen-bond acceptors (Lipinski definition) is 2. The lowest BCUT2D eigenvalue weighted by atomic mass is 10.1. The second kappa shape index (κ2) is 5.65. The van der Waals surface area contributed by atoms with Gasteiger partial charge in [-0.25, -0.2) is 0 Å². The zero-order chi connectivity index (χ0) is 15.6. The molecule has 2 aromatic carbocycles. The van der Waals surface area contributed by atoms with Gasteiger partial charge in [-0.05, 0) is 36.4 Å². The molecule has 0 atom stereocenters. The molecular formula is C14H9ClF3NO2. The van der Waals surface area contributed by atoms with Crippen molar-refractivity contribution in [3.8, 4) is 5.75 Å². The molecule has 0 spiro atoms. The molecule has 1 amide bonds. The molecule has 0 saturated carbocycles. The van der Waals surface area contributed by atoms with Crippen molar-refractivity contribution >= 4 is 23.2 Å². The minimum absolute atomic E-state index is 0.0416. The van der Waals surface area contributed by atoms with Gasteiger partial charge in [-0.1, -0.05) is 17.7 Å². The van der Waals surface area contributed by atoms with E-state index in [4.69, 9.17) is 11.6 Å². The van der Waals surface area contributed by atoms with Crippen molar-refractivity contribution in [2.75, 3.05) is 5.32 Å². The van der Waals surface area contributed by atoms with Crippen LogP contribution in [0.2, 0.25) is 5.02 Å². The number of rotatable bonds is 2. The van der Waals surface area contributed by atoms with E-state index >= 15 is 0 Å². The number of nitrogens with one attached hydrogen (secondary N) is 1. The standard InChI is InChI=1S/C14H9ClF3NO2/c15-12-5-4-9(7-11(12)14(16,17)18)19-13(21)8-2-1-3-10(20)6-8/h1-7,20H,(H,19,21). The number of phenols is 1. The number of benzene rings is 2. The molecule has 0 heterocycles. The molecule has 0 aliphatic carbocycles. The summed E-state index contributed by atoms with van der Waals surface area (Å²) in [6.45, 7) is 0. The molecule has 0 radical (unpaired) electrons. The van der Waals surface area contributed by atoms with E-state index in [1.807, 2.05) is 0 Å². The van der Waals surface area contributed by atoms with Gasteiger partial charge in [0.1, 0.15) is 5.75 Å². The van der Waals surface area contributed by atoms with Crippen molar-refractivity contribution in [1.29, 1.82) is 0 Å². The highest BCUT2D eigenvalue weighted by atomic mass is 35.5. The van der Waals surface area contributed by atoms with Crippen LogP contribution in [-0.2, 0) is 6.18 Å². The summed E-state index contributed by atoms with van der Waals surface area (Å²) in [5.74, 6) is -0.754. The molecule has 2 aromatic rings. The molecule has 0 aliphatic heterocycles. The molecule has 0 aromatic heterocycles. The van der Waals surface area contributed by atoms with Crippen LogP contribution in [0.15, 0.2) is 42.5 Å². The van der Waals surface area contributed by atoms with E-state index in [2.05, 4.69) is 5.32 Å². The van der Waals surface area contributed by atoms with Gasteiger partial charge in [0, 0.05) is 11.3 Å². The normalized spacial score (nSPS) is 11.2. The Hall–Kier alpha value is -2.21. The summed E-state index contributed by atoms with van der Waals surface area (Å²) >= 11 is 5.49. The highest BCUT2D eigenvalue weighted by molar-refractivity contribution is 6.31. The first kappa shape index (κ1) is 15.2. The second-order valence-corrected chi connectivity index (χ2v) is 4.60. The maximum absolute atomic E-state index is 12.7. The minimum Gasteiger partial charge on any atom is -0.508 e. The molecule has 2 rings (SSSR count). The number of aromatic hydroxyl groups is 1. The van der Waals surface area contributed by atoms with Crippen LogP contribution < -0.4 is 5.32 Å². The topological polar surface area (TPSA) is 49.3 Å². The third kappa shape index (κ3) is 3.66. The van der Waals surface area contributed by atoms with Crippen LogP contribution in [-0.4, -0.2) is 11.0 Å². The fourth-order valence-electron chi connectivity index (χ4n) is 1.67. The van der Waals surface area contributed by atoms with E-state index in [0.717, 1.165) is 12.1 Å². The summed E-state index contributed by atoms with van der Waals surface area (Å²) in [7, 11) is 0. The molecule has 0 fully saturated rings. The number of alkyl halides is 3. The van der Waals surface area contributed by atoms with Crippen LogP contribution in [0.3, 0.4) is 0 Å². The van der Waals surface area contributed by atoms with Crippen molar-refractivity contribution in [2.45, 2.75) is 6.18 Å². The molecule has 0 aliphatic rings. The Labute approximate surface area is 123 Å². The average molecular weight is 316 g/mol. The van der Waals surface area contributed by atoms with E-state index in [1.165, 1.54) is 30.3 Å². The Kier molecular flexibility index (Phi) is 4.09. The van der Waals surface area contributed by atoms with Crippen molar-refractivity contribution < 1.29 is 23.1 Å². The number of amides is 1. The third-order valence-electron chi connectivity index (χ3n) is 2.64. The Morgan fingerprint density at radius 3 is 2.48 bits per heavy atom. The molecule has 110 valence electrons. The van der Waals surface area contributed by atoms with Gasteiger partial charge in [0.2, 0.25) is 0 Å². The first-order valence-electron chi connectivity index (χ1n) is 5.74. The highest BCUT2D eigenvalue weighted by Gasteiger charge is 2.33. The van der Waals surface area contributed by atoms with Crippen LogP contribution >= 0.6 is 11.6 Å². The molecule has 3 nitrogen and oxygen atoms in total. The molecule has 7 heteroatoms. The number of carbonyl (C=O) groups is 1. The smallest absolute Gasteiger partial charge is 0.417 e. The Balaban J connectivity index is 2.26. The quantitative estimate of drug-likeness (QED) is 0.867. The zero-order valence-electron chi connectivity index (χ0n) is 10.4. The monoisotopic (exact) mass is 315 g/mol. The van der Waals surface area contributed by atoms with Gasteiger partial charge in [-0.15, -0.1) is 0 Å². The van der Waals surface area contributed by atoms with Crippen LogP contribution in [0.5, 0.6) is 5.75 Å². The maximum Gasteiger partial charge on any atom is 0.417 e. The van der Waals surface area contributed by atoms with E-state index in [9.17, 15) is 23.1 Å². The summed E-state index contributed by atoms with van der Waals surface area (Å²) in [5.41, 5.74) is -0.948. The predicted molar refractivity (Wildman–Crippen MR) is 72.5 cm³/mol. The van der Waals surface area contributed by atoms with Gasteiger partial charge in [0.05, 0.1) is 10.6 Å². The summed E-state index contributed by atoms with van der Waals surface area (Å²) in [4.78, 5) is 11.9. The summed E-state index contributed by atoms with van der Waals surface area (Å²) in [6.07, 6.45) is -4.61. The number of carbonyl (C=O) groups excluding carboxylic acids is 1. The first-order chi connectivity index (χ1) is 9.77. The number of anilines is 1. The largest absolute Gasteiger partial charge is 0.508 e. The molecule has 0 saturated heterocycles. The Morgan fingerprint density at radius 1 is 1.14 bits per heavy atom. The number of hydrogen-bond donors (Lipinski definition) is 2. The fourth-order valence-corrected chi connectivity index (χ4v) is 1.90. The van der Waals surface area contributed by atoms with Gasteiger partial charge in [-0.3, -0.25) is 4.79 Å². The SMILES string of the molecule is O=C(Nc1ccc(Cl)c(C(F)(F)F)c1)c1cccc(O)c1. The Morgan fingerprint density at radius 2 is 1.86 bits per heavy atom. The molecule has 0 bridgehead atoms. The van der Waals surface area contributed by atoms with E-state index in [0.29, 0.717) is 0 Å². The number of halogens is 4. The van der Waals surface area contributed by atoms with E-state index in [1.54, 1.807) is 0 Å². The molecule has 21 heavy (non-hydrogen) atoms. The van der Waals surface area contributed by atoms with Gasteiger partial charge in [0.15, 0.2) is 0 Å².